The Morgan fingerprint density at radius 3 is 2.67 bits per heavy atom. The number of methoxy groups -OCH3 is 1. The average molecular weight is 598 g/mol. The van der Waals surface area contributed by atoms with Crippen molar-refractivity contribution in [2.45, 2.75) is 58.4 Å². The molecule has 40 heavy (non-hydrogen) atoms. The van der Waals surface area contributed by atoms with E-state index in [1.165, 1.54) is 26.8 Å². The van der Waals surface area contributed by atoms with Crippen LogP contribution in [-0.2, 0) is 16.7 Å². The van der Waals surface area contributed by atoms with E-state index in [1.54, 1.807) is 30.2 Å². The van der Waals surface area contributed by atoms with Crippen LogP contribution in [0.4, 0.5) is 5.69 Å². The normalized spacial score (nSPS) is 18.9. The predicted molar refractivity (Wildman–Crippen MR) is 167 cm³/mol. The molecule has 2 aromatic carbocycles. The van der Waals surface area contributed by atoms with Crippen molar-refractivity contribution in [1.82, 2.24) is 0 Å². The molecule has 0 spiro atoms. The van der Waals surface area contributed by atoms with E-state index in [2.05, 4.69) is 79.7 Å². The van der Waals surface area contributed by atoms with Crippen LogP contribution in [0.1, 0.15) is 50.6 Å². The molecule has 1 N–H and O–H groups in total. The molecule has 212 valence electrons. The van der Waals surface area contributed by atoms with E-state index in [0.29, 0.717) is 13.0 Å². The highest BCUT2D eigenvalue weighted by molar-refractivity contribution is 8.03. The van der Waals surface area contributed by atoms with Crippen molar-refractivity contribution < 1.29 is 22.3 Å². The van der Waals surface area contributed by atoms with Crippen LogP contribution in [-0.4, -0.2) is 32.4 Å². The van der Waals surface area contributed by atoms with Crippen LogP contribution >= 0.6 is 23.1 Å². The Kier molecular flexibility index (Phi) is 8.21. The molecule has 2 heterocycles. The van der Waals surface area contributed by atoms with Gasteiger partial charge >= 0.3 is 0 Å². The lowest BCUT2D eigenvalue weighted by Gasteiger charge is -2.31. The molecular formula is C31H37N2O4S3+. The topological polar surface area (TPSA) is 70.7 Å². The molecule has 0 saturated heterocycles. The molecule has 0 unspecified atom stereocenters. The number of aromatic nitrogens is 1. The highest BCUT2D eigenvalue weighted by atomic mass is 32.2. The minimum Gasteiger partial charge on any atom is -0.496 e. The Morgan fingerprint density at radius 2 is 1.95 bits per heavy atom. The van der Waals surface area contributed by atoms with E-state index in [9.17, 15) is 13.0 Å². The SMILES string of the molecule is CCN1/C(=C\C2=CC(=C/c3sc4ccccc4[n+]3CCCS(=O)(=O)O)/CC(C)(C)C2)Sc2cc(OC)c(C)cc21. The van der Waals surface area contributed by atoms with E-state index in [-0.39, 0.29) is 11.2 Å². The maximum absolute atomic E-state index is 11.4. The molecule has 0 radical (unpaired) electrons. The first-order valence-corrected chi connectivity index (χ1v) is 16.8. The first-order valence-electron chi connectivity index (χ1n) is 13.6. The fraction of sp³-hybridized carbons (Fsp3) is 0.387. The quantitative estimate of drug-likeness (QED) is 0.216. The van der Waals surface area contributed by atoms with Gasteiger partial charge in [0.1, 0.15) is 10.4 Å². The Morgan fingerprint density at radius 1 is 1.18 bits per heavy atom. The Labute approximate surface area is 245 Å². The molecule has 3 aromatic rings. The summed E-state index contributed by atoms with van der Waals surface area (Å²) in [5.41, 5.74) is 6.13. The smallest absolute Gasteiger partial charge is 0.265 e. The standard InChI is InChI=1S/C31H36N2O4S3/c1-6-32-25-14-21(2)26(37-5)18-28(25)39-29(32)16-22-15-23(20-31(3,4)19-22)17-30-33(12-9-13-40(34,35)36)24-10-7-8-11-27(24)38-30/h7-8,10-11,14-18H,6,9,12-13,19-20H2,1-5H3/p+1. The zero-order valence-corrected chi connectivity index (χ0v) is 26.2. The van der Waals surface area contributed by atoms with Crippen molar-refractivity contribution in [3.63, 3.8) is 0 Å². The Bertz CT molecular complexity index is 1650. The summed E-state index contributed by atoms with van der Waals surface area (Å²) in [5, 5.41) is 2.32. The van der Waals surface area contributed by atoms with Crippen molar-refractivity contribution in [2.75, 3.05) is 24.3 Å². The fourth-order valence-electron chi connectivity index (χ4n) is 5.69. The highest BCUT2D eigenvalue weighted by Gasteiger charge is 2.30. The van der Waals surface area contributed by atoms with Gasteiger partial charge in [0, 0.05) is 30.0 Å². The number of aryl methyl sites for hydroxylation is 2. The zero-order chi connectivity index (χ0) is 28.7. The first kappa shape index (κ1) is 28.9. The molecule has 1 aromatic heterocycles. The number of fused-ring (bicyclic) bond motifs is 2. The van der Waals surface area contributed by atoms with E-state index in [0.717, 1.165) is 45.9 Å². The number of nitrogens with zero attached hydrogens (tertiary/aromatic N) is 2. The molecule has 1 aliphatic heterocycles. The van der Waals surface area contributed by atoms with Crippen LogP contribution in [0.2, 0.25) is 0 Å². The number of thioether (sulfide) groups is 1. The third-order valence-electron chi connectivity index (χ3n) is 7.34. The van der Waals surface area contributed by atoms with Crippen molar-refractivity contribution in [3.8, 4) is 5.75 Å². The Balaban J connectivity index is 1.51. The average Bonchev–Trinajstić information content (AvgIpc) is 3.38. The van der Waals surface area contributed by atoms with Crippen molar-refractivity contribution in [3.05, 3.63) is 75.3 Å². The van der Waals surface area contributed by atoms with Crippen LogP contribution in [0, 0.1) is 12.3 Å². The van der Waals surface area contributed by atoms with Gasteiger partial charge in [0.15, 0.2) is 6.54 Å². The fourth-order valence-corrected chi connectivity index (χ4v) is 8.56. The highest BCUT2D eigenvalue weighted by Crippen LogP contribution is 2.49. The lowest BCUT2D eigenvalue weighted by molar-refractivity contribution is -0.668. The summed E-state index contributed by atoms with van der Waals surface area (Å²) in [6.45, 7) is 10.3. The summed E-state index contributed by atoms with van der Waals surface area (Å²) in [5.74, 6) is 0.671. The van der Waals surface area contributed by atoms with Gasteiger partial charge in [0.25, 0.3) is 15.1 Å². The zero-order valence-electron chi connectivity index (χ0n) is 23.7. The van der Waals surface area contributed by atoms with Crippen LogP contribution in [0.25, 0.3) is 16.3 Å². The summed E-state index contributed by atoms with van der Waals surface area (Å²) in [7, 11) is -2.27. The third kappa shape index (κ3) is 6.33. The summed E-state index contributed by atoms with van der Waals surface area (Å²) < 4.78 is 40.9. The molecule has 0 saturated carbocycles. The lowest BCUT2D eigenvalue weighted by atomic mass is 9.75. The van der Waals surface area contributed by atoms with Gasteiger partial charge in [-0.3, -0.25) is 4.55 Å². The van der Waals surface area contributed by atoms with Crippen LogP contribution in [0.5, 0.6) is 5.75 Å². The second kappa shape index (κ2) is 11.4. The summed E-state index contributed by atoms with van der Waals surface area (Å²) in [6.07, 6.45) is 9.24. The first-order chi connectivity index (χ1) is 19.0. The number of allylic oxidation sites excluding steroid dienone is 4. The van der Waals surface area contributed by atoms with E-state index in [1.807, 2.05) is 12.1 Å². The molecule has 0 fully saturated rings. The number of ether oxygens (including phenoxy) is 1. The number of hydrogen-bond acceptors (Lipinski definition) is 6. The molecule has 0 bridgehead atoms. The minimum absolute atomic E-state index is 0.104. The number of benzene rings is 2. The van der Waals surface area contributed by atoms with Gasteiger partial charge in [-0.25, -0.2) is 0 Å². The van der Waals surface area contributed by atoms with Crippen molar-refractivity contribution in [1.29, 1.82) is 0 Å². The maximum atomic E-state index is 11.4. The number of para-hydroxylation sites is 1. The van der Waals surface area contributed by atoms with Gasteiger partial charge in [-0.1, -0.05) is 55.2 Å². The molecule has 2 aliphatic rings. The second-order valence-electron chi connectivity index (χ2n) is 11.3. The summed E-state index contributed by atoms with van der Waals surface area (Å²) >= 11 is 3.51. The molecule has 5 rings (SSSR count). The number of anilines is 1. The van der Waals surface area contributed by atoms with Crippen molar-refractivity contribution in [2.24, 2.45) is 5.41 Å². The van der Waals surface area contributed by atoms with Crippen LogP contribution < -0.4 is 14.2 Å². The molecule has 0 atom stereocenters. The van der Waals surface area contributed by atoms with Gasteiger partial charge in [-0.15, -0.1) is 0 Å². The van der Waals surface area contributed by atoms with Gasteiger partial charge in [-0.05, 0) is 73.1 Å². The van der Waals surface area contributed by atoms with Gasteiger partial charge in [-0.2, -0.15) is 13.0 Å². The number of hydrogen-bond donors (Lipinski definition) is 1. The second-order valence-corrected chi connectivity index (χ2v) is 15.0. The lowest BCUT2D eigenvalue weighted by Crippen LogP contribution is -2.36. The molecule has 9 heteroatoms. The summed E-state index contributed by atoms with van der Waals surface area (Å²) in [6, 6.07) is 12.6. The van der Waals surface area contributed by atoms with E-state index in [4.69, 9.17) is 4.74 Å². The predicted octanol–water partition coefficient (Wildman–Crippen LogP) is 7.39. The monoisotopic (exact) mass is 597 g/mol. The van der Waals surface area contributed by atoms with E-state index >= 15 is 0 Å². The molecular weight excluding hydrogens is 561 g/mol. The van der Waals surface area contributed by atoms with Crippen LogP contribution in [0.15, 0.2) is 69.6 Å². The maximum Gasteiger partial charge on any atom is 0.265 e. The van der Waals surface area contributed by atoms with Gasteiger partial charge < -0.3 is 9.64 Å². The molecule has 0 amide bonds. The number of rotatable bonds is 8. The Hall–Kier alpha value is -2.59. The van der Waals surface area contributed by atoms with Crippen LogP contribution in [0.3, 0.4) is 0 Å². The molecule has 1 aliphatic carbocycles. The number of thiazole rings is 1. The van der Waals surface area contributed by atoms with E-state index < -0.39 is 10.1 Å². The van der Waals surface area contributed by atoms with Gasteiger partial charge in [0.05, 0.1) is 23.6 Å². The molecule has 6 nitrogen and oxygen atoms in total. The summed E-state index contributed by atoms with van der Waals surface area (Å²) in [4.78, 5) is 3.60. The largest absolute Gasteiger partial charge is 0.496 e. The minimum atomic E-state index is -3.99. The van der Waals surface area contributed by atoms with Crippen molar-refractivity contribution >= 4 is 55.2 Å². The van der Waals surface area contributed by atoms with Gasteiger partial charge in [0.2, 0.25) is 5.52 Å². The third-order valence-corrected chi connectivity index (χ3v) is 10.3.